The molecule has 1 N–H and O–H groups in total. The quantitative estimate of drug-likeness (QED) is 0.902. The number of nitriles is 1. The monoisotopic (exact) mass is 257 g/mol. The zero-order chi connectivity index (χ0) is 13.0. The third kappa shape index (κ3) is 3.67. The van der Waals surface area contributed by atoms with Crippen LogP contribution in [-0.4, -0.2) is 17.3 Å². The molecule has 1 aromatic carbocycles. The molecule has 0 aliphatic rings. The van der Waals surface area contributed by atoms with Crippen LogP contribution in [0.3, 0.4) is 0 Å². The highest BCUT2D eigenvalue weighted by Crippen LogP contribution is 2.23. The van der Waals surface area contributed by atoms with Gasteiger partial charge in [-0.05, 0) is 31.5 Å². The van der Waals surface area contributed by atoms with Gasteiger partial charge in [0, 0.05) is 0 Å². The highest BCUT2D eigenvalue weighted by molar-refractivity contribution is 6.30. The largest absolute Gasteiger partial charge is 0.391 e. The molecule has 0 aliphatic carbocycles. The zero-order valence-corrected chi connectivity index (χ0v) is 10.3. The van der Waals surface area contributed by atoms with E-state index in [0.717, 1.165) is 6.07 Å². The van der Waals surface area contributed by atoms with Crippen molar-refractivity contribution in [2.45, 2.75) is 32.2 Å². The summed E-state index contributed by atoms with van der Waals surface area (Å²) >= 11 is 5.55. The second kappa shape index (κ2) is 5.97. The Morgan fingerprint density at radius 1 is 1.47 bits per heavy atom. The predicted octanol–water partition coefficient (Wildman–Crippen LogP) is 2.83. The summed E-state index contributed by atoms with van der Waals surface area (Å²) in [5.74, 6) is -0.599. The summed E-state index contributed by atoms with van der Waals surface area (Å²) < 4.78 is 18.5. The number of nitrogens with zero attached hydrogens (tertiary/aromatic N) is 1. The van der Waals surface area contributed by atoms with Gasteiger partial charge in [-0.3, -0.25) is 0 Å². The van der Waals surface area contributed by atoms with Gasteiger partial charge in [0.1, 0.15) is 5.82 Å². The summed E-state index contributed by atoms with van der Waals surface area (Å²) in [5.41, 5.74) is 0.377. The van der Waals surface area contributed by atoms with Gasteiger partial charge in [0.15, 0.2) is 6.10 Å². The summed E-state index contributed by atoms with van der Waals surface area (Å²) in [6.45, 7) is 3.20. The third-order valence-electron chi connectivity index (χ3n) is 2.39. The Hall–Kier alpha value is -1.15. The molecule has 1 aromatic rings. The molecule has 0 aliphatic heterocycles. The van der Waals surface area contributed by atoms with Crippen molar-refractivity contribution in [3.63, 3.8) is 0 Å². The molecular weight excluding hydrogens is 245 g/mol. The summed E-state index contributed by atoms with van der Waals surface area (Å²) in [6.07, 6.45) is -2.15. The number of benzene rings is 1. The van der Waals surface area contributed by atoms with Crippen LogP contribution < -0.4 is 0 Å². The van der Waals surface area contributed by atoms with Crippen molar-refractivity contribution >= 4 is 11.6 Å². The van der Waals surface area contributed by atoms with Gasteiger partial charge >= 0.3 is 0 Å². The molecule has 0 bridgehead atoms. The highest BCUT2D eigenvalue weighted by atomic mass is 35.5. The van der Waals surface area contributed by atoms with Gasteiger partial charge in [-0.15, -0.1) is 0 Å². The SMILES string of the molecule is CC(O)C(C)OC(C#N)c1ccc(Cl)c(F)c1. The van der Waals surface area contributed by atoms with Crippen LogP contribution >= 0.6 is 11.6 Å². The highest BCUT2D eigenvalue weighted by Gasteiger charge is 2.19. The Morgan fingerprint density at radius 2 is 2.12 bits per heavy atom. The Morgan fingerprint density at radius 3 is 2.59 bits per heavy atom. The molecule has 92 valence electrons. The lowest BCUT2D eigenvalue weighted by molar-refractivity contribution is -0.0426. The van der Waals surface area contributed by atoms with Gasteiger partial charge in [0.05, 0.1) is 23.3 Å². The molecule has 0 saturated heterocycles. The first kappa shape index (κ1) is 13.9. The van der Waals surface area contributed by atoms with Crippen LogP contribution in [0.4, 0.5) is 4.39 Å². The zero-order valence-electron chi connectivity index (χ0n) is 9.52. The maximum absolute atomic E-state index is 13.2. The number of rotatable bonds is 4. The Labute approximate surface area is 104 Å². The van der Waals surface area contributed by atoms with Crippen molar-refractivity contribution in [3.05, 3.63) is 34.6 Å². The van der Waals surface area contributed by atoms with Gasteiger partial charge < -0.3 is 9.84 Å². The molecule has 0 saturated carbocycles. The van der Waals surface area contributed by atoms with Crippen LogP contribution in [0.25, 0.3) is 0 Å². The predicted molar refractivity (Wildman–Crippen MR) is 62.0 cm³/mol. The average molecular weight is 258 g/mol. The second-order valence-corrected chi connectivity index (χ2v) is 4.17. The van der Waals surface area contributed by atoms with Crippen LogP contribution in [-0.2, 0) is 4.74 Å². The van der Waals surface area contributed by atoms with Crippen LogP contribution in [0.15, 0.2) is 18.2 Å². The van der Waals surface area contributed by atoms with Gasteiger partial charge in [0.2, 0.25) is 0 Å². The first-order valence-electron chi connectivity index (χ1n) is 5.13. The van der Waals surface area contributed by atoms with Crippen LogP contribution in [0.2, 0.25) is 5.02 Å². The fourth-order valence-corrected chi connectivity index (χ4v) is 1.30. The van der Waals surface area contributed by atoms with E-state index in [9.17, 15) is 9.50 Å². The smallest absolute Gasteiger partial charge is 0.169 e. The number of aliphatic hydroxyl groups excluding tert-OH is 1. The molecule has 0 heterocycles. The van der Waals surface area contributed by atoms with E-state index in [0.29, 0.717) is 5.56 Å². The maximum Gasteiger partial charge on any atom is 0.169 e. The Kier molecular flexibility index (Phi) is 4.88. The van der Waals surface area contributed by atoms with Gasteiger partial charge in [-0.1, -0.05) is 17.7 Å². The standard InChI is InChI=1S/C12H13ClFNO2/c1-7(16)8(2)17-12(6-15)9-3-4-10(13)11(14)5-9/h3-5,7-8,12,16H,1-2H3. The van der Waals surface area contributed by atoms with E-state index in [1.54, 1.807) is 13.8 Å². The van der Waals surface area contributed by atoms with Crippen LogP contribution in [0.1, 0.15) is 25.5 Å². The molecule has 3 nitrogen and oxygen atoms in total. The van der Waals surface area contributed by atoms with E-state index in [4.69, 9.17) is 21.6 Å². The number of halogens is 2. The molecule has 3 unspecified atom stereocenters. The molecule has 0 radical (unpaired) electrons. The molecule has 0 fully saturated rings. The minimum absolute atomic E-state index is 0.00554. The van der Waals surface area contributed by atoms with Crippen molar-refractivity contribution in [3.8, 4) is 6.07 Å². The molecule has 1 rings (SSSR count). The number of aliphatic hydroxyl groups is 1. The normalized spacial score (nSPS) is 16.0. The van der Waals surface area contributed by atoms with Crippen molar-refractivity contribution in [1.82, 2.24) is 0 Å². The lowest BCUT2D eigenvalue weighted by atomic mass is 10.1. The average Bonchev–Trinajstić information content (AvgIpc) is 2.29. The van der Waals surface area contributed by atoms with Crippen molar-refractivity contribution < 1.29 is 14.2 Å². The topological polar surface area (TPSA) is 53.2 Å². The van der Waals surface area contributed by atoms with E-state index in [-0.39, 0.29) is 5.02 Å². The number of hydrogen-bond donors (Lipinski definition) is 1. The molecule has 0 aromatic heterocycles. The van der Waals surface area contributed by atoms with Crippen LogP contribution in [0, 0.1) is 17.1 Å². The van der Waals surface area contributed by atoms with Gasteiger partial charge in [-0.25, -0.2) is 4.39 Å². The molecule has 5 heteroatoms. The Balaban J connectivity index is 2.87. The lowest BCUT2D eigenvalue weighted by Crippen LogP contribution is -2.24. The summed E-state index contributed by atoms with van der Waals surface area (Å²) in [5, 5.41) is 18.2. The second-order valence-electron chi connectivity index (χ2n) is 3.76. The van der Waals surface area contributed by atoms with E-state index in [2.05, 4.69) is 0 Å². The fraction of sp³-hybridized carbons (Fsp3) is 0.417. The molecular formula is C12H13ClFNO2. The van der Waals surface area contributed by atoms with Crippen molar-refractivity contribution in [2.24, 2.45) is 0 Å². The van der Waals surface area contributed by atoms with Gasteiger partial charge in [0.25, 0.3) is 0 Å². The van der Waals surface area contributed by atoms with Crippen molar-refractivity contribution in [2.75, 3.05) is 0 Å². The van der Waals surface area contributed by atoms with Crippen LogP contribution in [0.5, 0.6) is 0 Å². The van der Waals surface area contributed by atoms with Gasteiger partial charge in [-0.2, -0.15) is 5.26 Å². The minimum Gasteiger partial charge on any atom is -0.391 e. The summed E-state index contributed by atoms with van der Waals surface area (Å²) in [4.78, 5) is 0. The third-order valence-corrected chi connectivity index (χ3v) is 2.70. The van der Waals surface area contributed by atoms with E-state index >= 15 is 0 Å². The Bertz CT molecular complexity index is 431. The van der Waals surface area contributed by atoms with E-state index in [1.807, 2.05) is 6.07 Å². The first-order valence-corrected chi connectivity index (χ1v) is 5.51. The first-order chi connectivity index (χ1) is 7.95. The van der Waals surface area contributed by atoms with Crippen molar-refractivity contribution in [1.29, 1.82) is 5.26 Å². The number of ether oxygens (including phenoxy) is 1. The fourth-order valence-electron chi connectivity index (χ4n) is 1.19. The van der Waals surface area contributed by atoms with E-state index < -0.39 is 24.1 Å². The molecule has 0 spiro atoms. The summed E-state index contributed by atoms with van der Waals surface area (Å²) in [6, 6.07) is 5.96. The number of hydrogen-bond acceptors (Lipinski definition) is 3. The summed E-state index contributed by atoms with van der Waals surface area (Å²) in [7, 11) is 0. The molecule has 17 heavy (non-hydrogen) atoms. The lowest BCUT2D eigenvalue weighted by Gasteiger charge is -2.19. The molecule has 0 amide bonds. The minimum atomic E-state index is -0.925. The molecule has 3 atom stereocenters. The van der Waals surface area contributed by atoms with E-state index in [1.165, 1.54) is 12.1 Å². The maximum atomic E-state index is 13.2.